The van der Waals surface area contributed by atoms with E-state index in [0.717, 1.165) is 0 Å². The van der Waals surface area contributed by atoms with Crippen LogP contribution in [0.5, 0.6) is 0 Å². The molecule has 5 nitrogen and oxygen atoms in total. The van der Waals surface area contributed by atoms with Gasteiger partial charge in [-0.05, 0) is 6.07 Å². The molecule has 2 amide bonds. The number of carboxylic acid groups (broad SMARTS) is 1. The second-order valence-electron chi connectivity index (χ2n) is 3.24. The zero-order valence-electron chi connectivity index (χ0n) is 9.17. The molecule has 0 aliphatic carbocycles. The van der Waals surface area contributed by atoms with Crippen LogP contribution in [0.15, 0.2) is 24.8 Å². The van der Waals surface area contributed by atoms with Gasteiger partial charge in [-0.1, -0.05) is 6.08 Å². The van der Waals surface area contributed by atoms with E-state index in [9.17, 15) is 18.4 Å². The Bertz CT molecular complexity index is 503. The first-order valence-electron chi connectivity index (χ1n) is 4.83. The van der Waals surface area contributed by atoms with Gasteiger partial charge in [0.25, 0.3) is 0 Å². The molecule has 1 aromatic carbocycles. The van der Waals surface area contributed by atoms with Crippen molar-refractivity contribution in [3.05, 3.63) is 42.0 Å². The van der Waals surface area contributed by atoms with Gasteiger partial charge in [0, 0.05) is 12.6 Å². The van der Waals surface area contributed by atoms with Crippen molar-refractivity contribution in [2.45, 2.75) is 0 Å². The van der Waals surface area contributed by atoms with Crippen molar-refractivity contribution in [3.8, 4) is 0 Å². The molecular formula is C11H10F2N2O3. The normalized spacial score (nSPS) is 9.67. The Labute approximate surface area is 101 Å². The quantitative estimate of drug-likeness (QED) is 0.720. The van der Waals surface area contributed by atoms with E-state index in [1.165, 1.54) is 6.08 Å². The van der Waals surface area contributed by atoms with Crippen LogP contribution in [-0.4, -0.2) is 23.7 Å². The molecule has 18 heavy (non-hydrogen) atoms. The van der Waals surface area contributed by atoms with Crippen molar-refractivity contribution in [2.75, 3.05) is 11.9 Å². The molecule has 0 aliphatic heterocycles. The van der Waals surface area contributed by atoms with Crippen LogP contribution in [0.2, 0.25) is 0 Å². The minimum atomic E-state index is -1.55. The minimum absolute atomic E-state index is 0.153. The molecule has 0 radical (unpaired) electrons. The lowest BCUT2D eigenvalue weighted by Crippen LogP contribution is -2.29. The maximum Gasteiger partial charge on any atom is 0.338 e. The van der Waals surface area contributed by atoms with Crippen LogP contribution < -0.4 is 10.6 Å². The summed E-state index contributed by atoms with van der Waals surface area (Å²) in [6.45, 7) is 3.52. The number of urea groups is 1. The number of hydrogen-bond acceptors (Lipinski definition) is 2. The molecule has 0 bridgehead atoms. The summed E-state index contributed by atoms with van der Waals surface area (Å²) in [6.07, 6.45) is 1.41. The molecule has 0 heterocycles. The van der Waals surface area contributed by atoms with E-state index >= 15 is 0 Å². The number of rotatable bonds is 4. The van der Waals surface area contributed by atoms with Crippen LogP contribution in [-0.2, 0) is 0 Å². The zero-order valence-corrected chi connectivity index (χ0v) is 9.17. The molecule has 0 saturated carbocycles. The van der Waals surface area contributed by atoms with E-state index in [0.29, 0.717) is 12.1 Å². The van der Waals surface area contributed by atoms with E-state index < -0.39 is 34.9 Å². The number of hydrogen-bond donors (Lipinski definition) is 3. The lowest BCUT2D eigenvalue weighted by molar-refractivity contribution is 0.0692. The molecule has 1 aromatic rings. The molecule has 0 aromatic heterocycles. The first kappa shape index (κ1) is 13.6. The second-order valence-corrected chi connectivity index (χ2v) is 3.24. The maximum atomic E-state index is 13.3. The number of benzene rings is 1. The van der Waals surface area contributed by atoms with Crippen molar-refractivity contribution in [3.63, 3.8) is 0 Å². The summed E-state index contributed by atoms with van der Waals surface area (Å²) >= 11 is 0. The fourth-order valence-electron chi connectivity index (χ4n) is 1.14. The van der Waals surface area contributed by atoms with Gasteiger partial charge in [-0.25, -0.2) is 18.4 Å². The highest BCUT2D eigenvalue weighted by atomic mass is 19.1. The van der Waals surface area contributed by atoms with E-state index in [1.54, 1.807) is 0 Å². The summed E-state index contributed by atoms with van der Waals surface area (Å²) in [4.78, 5) is 21.9. The predicted octanol–water partition coefficient (Wildman–Crippen LogP) is 1.97. The van der Waals surface area contributed by atoms with Crippen LogP contribution in [0.1, 0.15) is 10.4 Å². The summed E-state index contributed by atoms with van der Waals surface area (Å²) in [5.74, 6) is -3.83. The monoisotopic (exact) mass is 256 g/mol. The zero-order chi connectivity index (χ0) is 13.7. The average Bonchev–Trinajstić information content (AvgIpc) is 2.29. The van der Waals surface area contributed by atoms with E-state index in [2.05, 4.69) is 17.2 Å². The number of halogens is 2. The summed E-state index contributed by atoms with van der Waals surface area (Å²) in [6, 6.07) is 0.351. The van der Waals surface area contributed by atoms with Crippen molar-refractivity contribution < 1.29 is 23.5 Å². The molecule has 1 rings (SSSR count). The number of anilines is 1. The molecule has 96 valence electrons. The number of carbonyl (C=O) groups excluding carboxylic acids is 1. The molecule has 0 spiro atoms. The highest BCUT2D eigenvalue weighted by molar-refractivity contribution is 5.93. The van der Waals surface area contributed by atoms with Crippen LogP contribution in [0, 0.1) is 11.6 Å². The van der Waals surface area contributed by atoms with Crippen molar-refractivity contribution >= 4 is 17.7 Å². The molecule has 7 heteroatoms. The lowest BCUT2D eigenvalue weighted by Gasteiger charge is -2.08. The minimum Gasteiger partial charge on any atom is -0.478 e. The first-order valence-corrected chi connectivity index (χ1v) is 4.83. The number of amides is 2. The van der Waals surface area contributed by atoms with Crippen LogP contribution in [0.4, 0.5) is 19.3 Å². The molecule has 0 atom stereocenters. The number of aromatic carboxylic acids is 1. The van der Waals surface area contributed by atoms with Crippen molar-refractivity contribution in [2.24, 2.45) is 0 Å². The third-order valence-electron chi connectivity index (χ3n) is 1.94. The Morgan fingerprint density at radius 1 is 1.33 bits per heavy atom. The Morgan fingerprint density at radius 2 is 2.00 bits per heavy atom. The van der Waals surface area contributed by atoms with E-state index in [4.69, 9.17) is 5.11 Å². The number of carboxylic acids is 1. The molecule has 0 fully saturated rings. The molecule has 0 aliphatic rings. The summed E-state index contributed by atoms with van der Waals surface area (Å²) in [7, 11) is 0. The largest absolute Gasteiger partial charge is 0.478 e. The highest BCUT2D eigenvalue weighted by Crippen LogP contribution is 2.19. The third kappa shape index (κ3) is 3.27. The Kier molecular flexibility index (Phi) is 4.36. The third-order valence-corrected chi connectivity index (χ3v) is 1.94. The summed E-state index contributed by atoms with van der Waals surface area (Å²) in [5.41, 5.74) is -1.15. The van der Waals surface area contributed by atoms with Gasteiger partial charge < -0.3 is 15.7 Å². The number of nitrogens with one attached hydrogen (secondary N) is 2. The van der Waals surface area contributed by atoms with Gasteiger partial charge in [0.15, 0.2) is 0 Å². The van der Waals surface area contributed by atoms with Crippen LogP contribution in [0.3, 0.4) is 0 Å². The SMILES string of the molecule is C=CCNC(=O)Nc1cc(C(=O)O)c(F)cc1F. The standard InChI is InChI=1S/C11H10F2N2O3/c1-2-3-14-11(18)15-9-4-6(10(16)17)7(12)5-8(9)13/h2,4-5H,1,3H2,(H,16,17)(H2,14,15,18). The predicted molar refractivity (Wildman–Crippen MR) is 60.5 cm³/mol. The van der Waals surface area contributed by atoms with E-state index in [-0.39, 0.29) is 6.54 Å². The van der Waals surface area contributed by atoms with Gasteiger partial charge in [-0.2, -0.15) is 0 Å². The average molecular weight is 256 g/mol. The fourth-order valence-corrected chi connectivity index (χ4v) is 1.14. The van der Waals surface area contributed by atoms with Crippen LogP contribution in [0.25, 0.3) is 0 Å². The molecular weight excluding hydrogens is 246 g/mol. The summed E-state index contributed by atoms with van der Waals surface area (Å²) < 4.78 is 26.3. The topological polar surface area (TPSA) is 78.4 Å². The Hall–Kier alpha value is -2.44. The van der Waals surface area contributed by atoms with E-state index in [1.807, 2.05) is 0 Å². The second kappa shape index (κ2) is 5.76. The van der Waals surface area contributed by atoms with Crippen LogP contribution >= 0.6 is 0 Å². The van der Waals surface area contributed by atoms with Gasteiger partial charge in [0.2, 0.25) is 0 Å². The van der Waals surface area contributed by atoms with Gasteiger partial charge in [0.1, 0.15) is 11.6 Å². The number of carbonyl (C=O) groups is 2. The van der Waals surface area contributed by atoms with Gasteiger partial charge in [0.05, 0.1) is 11.3 Å². The lowest BCUT2D eigenvalue weighted by atomic mass is 10.2. The maximum absolute atomic E-state index is 13.3. The van der Waals surface area contributed by atoms with Gasteiger partial charge in [-0.3, -0.25) is 0 Å². The Balaban J connectivity index is 2.95. The van der Waals surface area contributed by atoms with Crippen molar-refractivity contribution in [1.82, 2.24) is 5.32 Å². The summed E-state index contributed by atoms with van der Waals surface area (Å²) in [5, 5.41) is 13.0. The molecule has 0 unspecified atom stereocenters. The fraction of sp³-hybridized carbons (Fsp3) is 0.0909. The van der Waals surface area contributed by atoms with Crippen molar-refractivity contribution in [1.29, 1.82) is 0 Å². The van der Waals surface area contributed by atoms with Gasteiger partial charge >= 0.3 is 12.0 Å². The van der Waals surface area contributed by atoms with Gasteiger partial charge in [-0.15, -0.1) is 6.58 Å². The Morgan fingerprint density at radius 3 is 2.56 bits per heavy atom. The molecule has 3 N–H and O–H groups in total. The molecule has 0 saturated heterocycles. The smallest absolute Gasteiger partial charge is 0.338 e. The first-order chi connectivity index (χ1) is 8.45. The highest BCUT2D eigenvalue weighted by Gasteiger charge is 2.16.